The Kier molecular flexibility index (Phi) is 4.17. The highest BCUT2D eigenvalue weighted by molar-refractivity contribution is 5.88. The first-order valence-corrected chi connectivity index (χ1v) is 5.21. The van der Waals surface area contributed by atoms with Crippen molar-refractivity contribution < 1.29 is 19.4 Å². The summed E-state index contributed by atoms with van der Waals surface area (Å²) in [5.41, 5.74) is 0.194. The summed E-state index contributed by atoms with van der Waals surface area (Å²) < 4.78 is 10.9. The van der Waals surface area contributed by atoms with E-state index in [4.69, 9.17) is 14.6 Å². The zero-order valence-corrected chi connectivity index (χ0v) is 9.69. The molecule has 0 radical (unpaired) electrons. The molecule has 0 atom stereocenters. The molecule has 1 aromatic rings. The second kappa shape index (κ2) is 5.39. The van der Waals surface area contributed by atoms with Gasteiger partial charge in [0.25, 0.3) is 0 Å². The van der Waals surface area contributed by atoms with Crippen LogP contribution in [-0.2, 0) is 0 Å². The largest absolute Gasteiger partial charge is 0.490 e. The number of carboxylic acids is 1. The van der Waals surface area contributed by atoms with Gasteiger partial charge in [0.15, 0.2) is 11.5 Å². The van der Waals surface area contributed by atoms with Crippen molar-refractivity contribution in [3.8, 4) is 11.5 Å². The Balaban J connectivity index is 3.05. The monoisotopic (exact) mass is 224 g/mol. The van der Waals surface area contributed by atoms with Crippen molar-refractivity contribution in [3.05, 3.63) is 23.8 Å². The number of rotatable bonds is 5. The molecule has 0 amide bonds. The molecular weight excluding hydrogens is 208 g/mol. The Bertz CT molecular complexity index is 371. The van der Waals surface area contributed by atoms with Crippen LogP contribution in [0.3, 0.4) is 0 Å². The maximum absolute atomic E-state index is 10.8. The molecule has 0 bridgehead atoms. The molecule has 0 spiro atoms. The molecule has 0 aromatic heterocycles. The van der Waals surface area contributed by atoms with E-state index in [-0.39, 0.29) is 11.7 Å². The summed E-state index contributed by atoms with van der Waals surface area (Å²) in [6.07, 6.45) is -0.0248. The van der Waals surface area contributed by atoms with E-state index in [1.807, 2.05) is 20.8 Å². The normalized spacial score (nSPS) is 10.2. The van der Waals surface area contributed by atoms with Gasteiger partial charge in [0.1, 0.15) is 0 Å². The van der Waals surface area contributed by atoms with Gasteiger partial charge in [0.05, 0.1) is 18.3 Å². The topological polar surface area (TPSA) is 55.8 Å². The molecule has 4 heteroatoms. The van der Waals surface area contributed by atoms with E-state index in [1.165, 1.54) is 12.1 Å². The van der Waals surface area contributed by atoms with Gasteiger partial charge >= 0.3 is 5.97 Å². The minimum absolute atomic E-state index is 0.0248. The third-order valence-corrected chi connectivity index (χ3v) is 1.85. The van der Waals surface area contributed by atoms with Crippen LogP contribution in [0.15, 0.2) is 18.2 Å². The lowest BCUT2D eigenvalue weighted by Gasteiger charge is -2.14. The van der Waals surface area contributed by atoms with Crippen LogP contribution in [0.25, 0.3) is 0 Å². The molecule has 0 unspecified atom stereocenters. The first-order valence-electron chi connectivity index (χ1n) is 5.21. The highest BCUT2D eigenvalue weighted by Gasteiger charge is 2.11. The first kappa shape index (κ1) is 12.4. The first-order chi connectivity index (χ1) is 7.54. The molecular formula is C12H16O4. The number of carboxylic acid groups (broad SMARTS) is 1. The number of ether oxygens (including phenoxy) is 2. The molecule has 4 nitrogen and oxygen atoms in total. The third kappa shape index (κ3) is 3.15. The summed E-state index contributed by atoms with van der Waals surface area (Å²) in [5, 5.41) is 8.87. The van der Waals surface area contributed by atoms with Gasteiger partial charge in [-0.3, -0.25) is 0 Å². The highest BCUT2D eigenvalue weighted by Crippen LogP contribution is 2.29. The molecule has 16 heavy (non-hydrogen) atoms. The second-order valence-corrected chi connectivity index (χ2v) is 3.57. The Morgan fingerprint density at radius 1 is 1.38 bits per heavy atom. The average molecular weight is 224 g/mol. The van der Waals surface area contributed by atoms with Gasteiger partial charge in [-0.2, -0.15) is 0 Å². The summed E-state index contributed by atoms with van der Waals surface area (Å²) >= 11 is 0. The van der Waals surface area contributed by atoms with E-state index >= 15 is 0 Å². The zero-order valence-electron chi connectivity index (χ0n) is 9.69. The van der Waals surface area contributed by atoms with Crippen molar-refractivity contribution in [1.29, 1.82) is 0 Å². The van der Waals surface area contributed by atoms with E-state index in [0.717, 1.165) is 0 Å². The van der Waals surface area contributed by atoms with Crippen LogP contribution in [0.2, 0.25) is 0 Å². The van der Waals surface area contributed by atoms with Crippen molar-refractivity contribution in [2.75, 3.05) is 6.61 Å². The predicted octanol–water partition coefficient (Wildman–Crippen LogP) is 2.57. The van der Waals surface area contributed by atoms with Gasteiger partial charge in [-0.25, -0.2) is 4.79 Å². The van der Waals surface area contributed by atoms with Crippen LogP contribution in [0.5, 0.6) is 11.5 Å². The van der Waals surface area contributed by atoms with E-state index in [1.54, 1.807) is 6.07 Å². The van der Waals surface area contributed by atoms with Crippen LogP contribution in [-0.4, -0.2) is 23.8 Å². The van der Waals surface area contributed by atoms with Gasteiger partial charge in [0.2, 0.25) is 0 Å². The van der Waals surface area contributed by atoms with Gasteiger partial charge in [0, 0.05) is 0 Å². The summed E-state index contributed by atoms with van der Waals surface area (Å²) in [5.74, 6) is 0.0644. The van der Waals surface area contributed by atoms with E-state index in [2.05, 4.69) is 0 Å². The molecule has 0 aliphatic heterocycles. The van der Waals surface area contributed by atoms with Crippen LogP contribution < -0.4 is 9.47 Å². The Labute approximate surface area is 94.8 Å². The second-order valence-electron chi connectivity index (χ2n) is 3.57. The van der Waals surface area contributed by atoms with Crippen LogP contribution in [0.4, 0.5) is 0 Å². The molecule has 1 N–H and O–H groups in total. The van der Waals surface area contributed by atoms with Gasteiger partial charge < -0.3 is 14.6 Å². The number of carbonyl (C=O) groups is 1. The van der Waals surface area contributed by atoms with Crippen LogP contribution >= 0.6 is 0 Å². The van der Waals surface area contributed by atoms with E-state index < -0.39 is 5.97 Å². The zero-order chi connectivity index (χ0) is 12.1. The molecule has 1 aromatic carbocycles. The van der Waals surface area contributed by atoms with Crippen LogP contribution in [0, 0.1) is 0 Å². The van der Waals surface area contributed by atoms with Crippen molar-refractivity contribution >= 4 is 5.97 Å². The SMILES string of the molecule is CCOc1ccc(C(=O)O)cc1OC(C)C. The Morgan fingerprint density at radius 3 is 2.56 bits per heavy atom. The van der Waals surface area contributed by atoms with Crippen molar-refractivity contribution in [1.82, 2.24) is 0 Å². The summed E-state index contributed by atoms with van der Waals surface area (Å²) in [7, 11) is 0. The smallest absolute Gasteiger partial charge is 0.335 e. The lowest BCUT2D eigenvalue weighted by atomic mass is 10.2. The van der Waals surface area contributed by atoms with Gasteiger partial charge in [-0.05, 0) is 39.0 Å². The minimum Gasteiger partial charge on any atom is -0.490 e. The molecule has 0 saturated carbocycles. The van der Waals surface area contributed by atoms with Crippen molar-refractivity contribution in [3.63, 3.8) is 0 Å². The number of benzene rings is 1. The van der Waals surface area contributed by atoms with Crippen LogP contribution in [0.1, 0.15) is 31.1 Å². The molecule has 88 valence electrons. The maximum atomic E-state index is 10.8. The fraction of sp³-hybridized carbons (Fsp3) is 0.417. The molecule has 0 aliphatic carbocycles. The number of aromatic carboxylic acids is 1. The molecule has 1 rings (SSSR count). The number of hydrogen-bond donors (Lipinski definition) is 1. The molecule has 0 saturated heterocycles. The minimum atomic E-state index is -0.975. The summed E-state index contributed by atoms with van der Waals surface area (Å²) in [4.78, 5) is 10.8. The quantitative estimate of drug-likeness (QED) is 0.835. The lowest BCUT2D eigenvalue weighted by molar-refractivity contribution is 0.0696. The van der Waals surface area contributed by atoms with Crippen molar-refractivity contribution in [2.45, 2.75) is 26.9 Å². The molecule has 0 fully saturated rings. The highest BCUT2D eigenvalue weighted by atomic mass is 16.5. The van der Waals surface area contributed by atoms with Gasteiger partial charge in [-0.15, -0.1) is 0 Å². The number of hydrogen-bond acceptors (Lipinski definition) is 3. The van der Waals surface area contributed by atoms with E-state index in [0.29, 0.717) is 18.1 Å². The molecule has 0 heterocycles. The summed E-state index contributed by atoms with van der Waals surface area (Å²) in [6, 6.07) is 4.60. The average Bonchev–Trinajstić information content (AvgIpc) is 2.19. The predicted molar refractivity (Wildman–Crippen MR) is 60.3 cm³/mol. The Morgan fingerprint density at radius 2 is 2.06 bits per heavy atom. The maximum Gasteiger partial charge on any atom is 0.335 e. The standard InChI is InChI=1S/C12H16O4/c1-4-15-10-6-5-9(12(13)14)7-11(10)16-8(2)3/h5-8H,4H2,1-3H3,(H,13,14). The summed E-state index contributed by atoms with van der Waals surface area (Å²) in [6.45, 7) is 6.14. The van der Waals surface area contributed by atoms with Gasteiger partial charge in [-0.1, -0.05) is 0 Å². The fourth-order valence-electron chi connectivity index (χ4n) is 1.26. The fourth-order valence-corrected chi connectivity index (χ4v) is 1.26. The molecule has 0 aliphatic rings. The third-order valence-electron chi connectivity index (χ3n) is 1.85. The van der Waals surface area contributed by atoms with Crippen molar-refractivity contribution in [2.24, 2.45) is 0 Å². The Hall–Kier alpha value is -1.71. The van der Waals surface area contributed by atoms with E-state index in [9.17, 15) is 4.79 Å². The lowest BCUT2D eigenvalue weighted by Crippen LogP contribution is -2.08.